The summed E-state index contributed by atoms with van der Waals surface area (Å²) >= 11 is 0. The summed E-state index contributed by atoms with van der Waals surface area (Å²) in [5, 5.41) is 11.7. The molecule has 0 spiro atoms. The van der Waals surface area contributed by atoms with E-state index in [4.69, 9.17) is 9.62 Å². The summed E-state index contributed by atoms with van der Waals surface area (Å²) in [5.41, 5.74) is 1.44. The maximum Gasteiger partial charge on any atom is 0.261 e. The van der Waals surface area contributed by atoms with Crippen LogP contribution in [0.1, 0.15) is 5.56 Å². The van der Waals surface area contributed by atoms with Crippen LogP contribution in [0, 0.1) is 0 Å². The van der Waals surface area contributed by atoms with Crippen LogP contribution in [-0.2, 0) is 10.0 Å². The van der Waals surface area contributed by atoms with Crippen LogP contribution >= 0.6 is 0 Å². The fraction of sp³-hybridized carbons (Fsp3) is 0. The molecule has 0 radical (unpaired) electrons. The third-order valence-corrected chi connectivity index (χ3v) is 4.72. The van der Waals surface area contributed by atoms with Crippen LogP contribution in [0.15, 0.2) is 81.4 Å². The number of sulfonamides is 1. The lowest BCUT2D eigenvalue weighted by atomic mass is 10.1. The molecule has 122 valence electrons. The zero-order valence-electron chi connectivity index (χ0n) is 12.5. The normalized spacial score (nSPS) is 11.7. The number of hydrogen-bond acceptors (Lipinski definition) is 5. The van der Waals surface area contributed by atoms with Crippen LogP contribution in [0.3, 0.4) is 0 Å². The van der Waals surface area contributed by atoms with E-state index < -0.39 is 10.0 Å². The molecule has 3 rings (SSSR count). The van der Waals surface area contributed by atoms with Crippen molar-refractivity contribution in [1.29, 1.82) is 0 Å². The van der Waals surface area contributed by atoms with Gasteiger partial charge in [0, 0.05) is 5.56 Å². The van der Waals surface area contributed by atoms with Gasteiger partial charge in [0.15, 0.2) is 0 Å². The van der Waals surface area contributed by atoms with E-state index in [-0.39, 0.29) is 4.90 Å². The summed E-state index contributed by atoms with van der Waals surface area (Å²) in [6.07, 6.45) is 2.72. The summed E-state index contributed by atoms with van der Waals surface area (Å²) in [4.78, 5) is 0.150. The molecule has 24 heavy (non-hydrogen) atoms. The molecule has 2 N–H and O–H groups in total. The third-order valence-electron chi connectivity index (χ3n) is 3.33. The second-order valence-corrected chi connectivity index (χ2v) is 6.63. The summed E-state index contributed by atoms with van der Waals surface area (Å²) in [6, 6.07) is 16.5. The highest BCUT2D eigenvalue weighted by Gasteiger charge is 2.17. The van der Waals surface area contributed by atoms with Gasteiger partial charge in [-0.05, 0) is 42.0 Å². The van der Waals surface area contributed by atoms with Crippen LogP contribution in [0.5, 0.6) is 0 Å². The molecule has 7 heteroatoms. The molecule has 0 saturated heterocycles. The molecule has 0 amide bonds. The molecule has 0 atom stereocenters. The van der Waals surface area contributed by atoms with Crippen LogP contribution in [0.2, 0.25) is 0 Å². The molecule has 0 unspecified atom stereocenters. The zero-order valence-corrected chi connectivity index (χ0v) is 13.3. The summed E-state index contributed by atoms with van der Waals surface area (Å²) in [7, 11) is -3.76. The Labute approximate surface area is 139 Å². The monoisotopic (exact) mass is 342 g/mol. The SMILES string of the molecule is O=S(=O)(Nc1cc(C=NO)ccc1-c1ccco1)c1ccccc1. The smallest absolute Gasteiger partial charge is 0.261 e. The lowest BCUT2D eigenvalue weighted by Gasteiger charge is -2.12. The molecule has 0 aliphatic carbocycles. The summed E-state index contributed by atoms with van der Waals surface area (Å²) < 4.78 is 33.1. The molecule has 0 saturated carbocycles. The topological polar surface area (TPSA) is 91.9 Å². The Balaban J connectivity index is 2.07. The molecule has 0 fully saturated rings. The van der Waals surface area contributed by atoms with Gasteiger partial charge in [-0.1, -0.05) is 29.4 Å². The Morgan fingerprint density at radius 2 is 1.83 bits per heavy atom. The maximum atomic E-state index is 12.6. The molecule has 0 aliphatic rings. The lowest BCUT2D eigenvalue weighted by Crippen LogP contribution is -2.13. The molecular formula is C17H14N2O4S. The van der Waals surface area contributed by atoms with Gasteiger partial charge in [-0.25, -0.2) is 8.42 Å². The minimum absolute atomic E-state index is 0.150. The first-order valence-electron chi connectivity index (χ1n) is 7.03. The Morgan fingerprint density at radius 1 is 1.04 bits per heavy atom. The first-order chi connectivity index (χ1) is 11.6. The van der Waals surface area contributed by atoms with E-state index in [1.165, 1.54) is 24.6 Å². The average Bonchev–Trinajstić information content (AvgIpc) is 3.10. The fourth-order valence-corrected chi connectivity index (χ4v) is 3.33. The zero-order chi connectivity index (χ0) is 17.0. The van der Waals surface area contributed by atoms with Crippen LogP contribution in [0.25, 0.3) is 11.3 Å². The fourth-order valence-electron chi connectivity index (χ4n) is 2.24. The molecule has 6 nitrogen and oxygen atoms in total. The Kier molecular flexibility index (Phi) is 4.35. The van der Waals surface area contributed by atoms with E-state index in [2.05, 4.69) is 9.88 Å². The van der Waals surface area contributed by atoms with Crippen molar-refractivity contribution in [2.24, 2.45) is 5.16 Å². The molecule has 1 heterocycles. The highest BCUT2D eigenvalue weighted by molar-refractivity contribution is 7.92. The summed E-state index contributed by atoms with van der Waals surface area (Å²) in [6.45, 7) is 0. The van der Waals surface area contributed by atoms with Crippen LogP contribution < -0.4 is 4.72 Å². The second kappa shape index (κ2) is 6.59. The maximum absolute atomic E-state index is 12.6. The van der Waals surface area contributed by atoms with Crippen molar-refractivity contribution in [3.05, 3.63) is 72.5 Å². The van der Waals surface area contributed by atoms with Crippen molar-refractivity contribution < 1.29 is 18.0 Å². The minimum Gasteiger partial charge on any atom is -0.464 e. The predicted octanol–water partition coefficient (Wildman–Crippen LogP) is 3.56. The average molecular weight is 342 g/mol. The van der Waals surface area contributed by atoms with Gasteiger partial charge in [-0.3, -0.25) is 4.72 Å². The first-order valence-corrected chi connectivity index (χ1v) is 8.52. The minimum atomic E-state index is -3.76. The second-order valence-electron chi connectivity index (χ2n) is 4.95. The van der Waals surface area contributed by atoms with Gasteiger partial charge >= 0.3 is 0 Å². The molecule has 0 bridgehead atoms. The summed E-state index contributed by atoms with van der Waals surface area (Å²) in [5.74, 6) is 0.522. The van der Waals surface area contributed by atoms with E-state index in [9.17, 15) is 8.42 Å². The Hall–Kier alpha value is -3.06. The van der Waals surface area contributed by atoms with E-state index in [1.807, 2.05) is 0 Å². The Morgan fingerprint density at radius 3 is 2.50 bits per heavy atom. The molecule has 3 aromatic rings. The van der Waals surface area contributed by atoms with E-state index in [0.29, 0.717) is 22.6 Å². The van der Waals surface area contributed by atoms with Crippen molar-refractivity contribution >= 4 is 21.9 Å². The Bertz CT molecular complexity index is 950. The standard InChI is InChI=1S/C17H14N2O4S/c20-18-12-13-8-9-15(17-7-4-10-23-17)16(11-13)19-24(21,22)14-5-2-1-3-6-14/h1-12,19-20H. The number of anilines is 1. The molecule has 1 aromatic heterocycles. The first kappa shape index (κ1) is 15.8. The lowest BCUT2D eigenvalue weighted by molar-refractivity contribution is 0.322. The van der Waals surface area contributed by atoms with Crippen LogP contribution in [0.4, 0.5) is 5.69 Å². The third kappa shape index (κ3) is 3.31. The van der Waals surface area contributed by atoms with E-state index in [1.54, 1.807) is 48.5 Å². The van der Waals surface area contributed by atoms with Crippen molar-refractivity contribution in [2.45, 2.75) is 4.90 Å². The highest BCUT2D eigenvalue weighted by Crippen LogP contribution is 2.31. The number of nitrogens with one attached hydrogen (secondary N) is 1. The molecular weight excluding hydrogens is 328 g/mol. The largest absolute Gasteiger partial charge is 0.464 e. The van der Waals surface area contributed by atoms with Crippen LogP contribution in [-0.4, -0.2) is 19.8 Å². The van der Waals surface area contributed by atoms with Gasteiger partial charge in [-0.2, -0.15) is 0 Å². The van der Waals surface area contributed by atoms with Crippen molar-refractivity contribution in [2.75, 3.05) is 4.72 Å². The van der Waals surface area contributed by atoms with Crippen molar-refractivity contribution in [3.8, 4) is 11.3 Å². The number of hydrogen-bond donors (Lipinski definition) is 2. The van der Waals surface area contributed by atoms with Gasteiger partial charge < -0.3 is 9.62 Å². The van der Waals surface area contributed by atoms with Gasteiger partial charge in [0.2, 0.25) is 0 Å². The quantitative estimate of drug-likeness (QED) is 0.421. The highest BCUT2D eigenvalue weighted by atomic mass is 32.2. The van der Waals surface area contributed by atoms with Gasteiger partial charge in [0.05, 0.1) is 23.1 Å². The number of furan rings is 1. The van der Waals surface area contributed by atoms with Crippen molar-refractivity contribution in [3.63, 3.8) is 0 Å². The number of rotatable bonds is 5. The number of oxime groups is 1. The van der Waals surface area contributed by atoms with E-state index in [0.717, 1.165) is 0 Å². The van der Waals surface area contributed by atoms with Gasteiger partial charge in [0.25, 0.3) is 10.0 Å². The molecule has 0 aliphatic heterocycles. The number of nitrogens with zero attached hydrogens (tertiary/aromatic N) is 1. The van der Waals surface area contributed by atoms with Gasteiger partial charge in [0.1, 0.15) is 5.76 Å². The number of benzene rings is 2. The molecule has 2 aromatic carbocycles. The predicted molar refractivity (Wildman–Crippen MR) is 90.8 cm³/mol. The van der Waals surface area contributed by atoms with Crippen molar-refractivity contribution in [1.82, 2.24) is 0 Å². The van der Waals surface area contributed by atoms with Gasteiger partial charge in [-0.15, -0.1) is 0 Å². The van der Waals surface area contributed by atoms with E-state index >= 15 is 0 Å².